The van der Waals surface area contributed by atoms with Crippen LogP contribution in [0.5, 0.6) is 0 Å². The Labute approximate surface area is 115 Å². The molecule has 1 aromatic rings. The van der Waals surface area contributed by atoms with Crippen LogP contribution in [-0.2, 0) is 10.0 Å². The second kappa shape index (κ2) is 5.14. The van der Waals surface area contributed by atoms with Gasteiger partial charge < -0.3 is 5.73 Å². The van der Waals surface area contributed by atoms with E-state index in [1.54, 1.807) is 0 Å². The van der Waals surface area contributed by atoms with Crippen molar-refractivity contribution >= 4 is 31.8 Å². The summed E-state index contributed by atoms with van der Waals surface area (Å²) < 4.78 is 27.7. The van der Waals surface area contributed by atoms with Crippen molar-refractivity contribution in [3.63, 3.8) is 0 Å². The van der Waals surface area contributed by atoms with Crippen molar-refractivity contribution in [2.24, 2.45) is 5.92 Å². The third-order valence-corrected chi connectivity index (χ3v) is 5.36. The van der Waals surface area contributed by atoms with Gasteiger partial charge in [-0.25, -0.2) is 18.1 Å². The number of halogens is 1. The van der Waals surface area contributed by atoms with Crippen LogP contribution in [-0.4, -0.2) is 19.4 Å². The monoisotopic (exact) mass is 333 g/mol. The molecule has 5 nitrogen and oxygen atoms in total. The Morgan fingerprint density at radius 1 is 1.56 bits per heavy atom. The molecule has 1 aliphatic carbocycles. The average molecular weight is 334 g/mol. The standard InChI is InChI=1S/C11H16BrN3O2S/c1-7(8-3-2-4-8)15-18(16,17)10-5-9(12)6-14-11(10)13/h5-8,15H,2-4H2,1H3,(H2,13,14). The number of aromatic nitrogens is 1. The van der Waals surface area contributed by atoms with Crippen molar-refractivity contribution in [1.29, 1.82) is 0 Å². The summed E-state index contributed by atoms with van der Waals surface area (Å²) in [6.45, 7) is 1.89. The lowest BCUT2D eigenvalue weighted by Gasteiger charge is -2.31. The number of anilines is 1. The number of sulfonamides is 1. The number of hydrogen-bond donors (Lipinski definition) is 2. The Kier molecular flexibility index (Phi) is 3.93. The number of nitrogens with zero attached hydrogens (tertiary/aromatic N) is 1. The van der Waals surface area contributed by atoms with Crippen LogP contribution in [0.4, 0.5) is 5.82 Å². The molecule has 1 aromatic heterocycles. The highest BCUT2D eigenvalue weighted by Gasteiger charge is 2.29. The summed E-state index contributed by atoms with van der Waals surface area (Å²) in [6.07, 6.45) is 4.81. The molecule has 0 amide bonds. The van der Waals surface area contributed by atoms with E-state index in [0.29, 0.717) is 10.4 Å². The van der Waals surface area contributed by atoms with Crippen molar-refractivity contribution in [1.82, 2.24) is 9.71 Å². The van der Waals surface area contributed by atoms with Crippen LogP contribution in [0, 0.1) is 5.92 Å². The van der Waals surface area contributed by atoms with Gasteiger partial charge in [-0.1, -0.05) is 6.42 Å². The molecule has 18 heavy (non-hydrogen) atoms. The minimum Gasteiger partial charge on any atom is -0.383 e. The molecular weight excluding hydrogens is 318 g/mol. The van der Waals surface area contributed by atoms with Gasteiger partial charge in [-0.15, -0.1) is 0 Å². The quantitative estimate of drug-likeness (QED) is 0.881. The molecule has 0 spiro atoms. The first-order chi connectivity index (χ1) is 8.40. The van der Waals surface area contributed by atoms with E-state index in [9.17, 15) is 8.42 Å². The maximum atomic E-state index is 12.2. The zero-order valence-electron chi connectivity index (χ0n) is 10.1. The van der Waals surface area contributed by atoms with Crippen molar-refractivity contribution in [2.45, 2.75) is 37.1 Å². The van der Waals surface area contributed by atoms with E-state index < -0.39 is 10.0 Å². The van der Waals surface area contributed by atoms with Gasteiger partial charge in [0.25, 0.3) is 0 Å². The highest BCUT2D eigenvalue weighted by atomic mass is 79.9. The Morgan fingerprint density at radius 2 is 2.22 bits per heavy atom. The fraction of sp³-hybridized carbons (Fsp3) is 0.545. The molecule has 0 radical (unpaired) electrons. The van der Waals surface area contributed by atoms with Crippen LogP contribution in [0.2, 0.25) is 0 Å². The fourth-order valence-electron chi connectivity index (χ4n) is 1.99. The highest BCUT2D eigenvalue weighted by molar-refractivity contribution is 9.10. The van der Waals surface area contributed by atoms with Crippen LogP contribution in [0.25, 0.3) is 0 Å². The zero-order valence-corrected chi connectivity index (χ0v) is 12.5. The van der Waals surface area contributed by atoms with E-state index >= 15 is 0 Å². The molecular formula is C11H16BrN3O2S. The maximum absolute atomic E-state index is 12.2. The van der Waals surface area contributed by atoms with E-state index in [0.717, 1.165) is 12.8 Å². The molecule has 0 aliphatic heterocycles. The highest BCUT2D eigenvalue weighted by Crippen LogP contribution is 2.30. The van der Waals surface area contributed by atoms with Crippen LogP contribution in [0.1, 0.15) is 26.2 Å². The molecule has 1 unspecified atom stereocenters. The second-order valence-corrected chi connectivity index (χ2v) is 7.24. The predicted molar refractivity (Wildman–Crippen MR) is 73.5 cm³/mol. The summed E-state index contributed by atoms with van der Waals surface area (Å²) in [5, 5.41) is 0. The molecule has 100 valence electrons. The van der Waals surface area contributed by atoms with E-state index in [1.165, 1.54) is 18.7 Å². The van der Waals surface area contributed by atoms with Gasteiger partial charge in [-0.05, 0) is 47.7 Å². The summed E-state index contributed by atoms with van der Waals surface area (Å²) in [5.41, 5.74) is 5.62. The third kappa shape index (κ3) is 2.84. The maximum Gasteiger partial charge on any atom is 0.244 e. The lowest BCUT2D eigenvalue weighted by atomic mass is 9.81. The molecule has 3 N–H and O–H groups in total. The Balaban J connectivity index is 2.21. The molecule has 1 heterocycles. The third-order valence-electron chi connectivity index (χ3n) is 3.34. The summed E-state index contributed by atoms with van der Waals surface area (Å²) in [4.78, 5) is 3.87. The van der Waals surface area contributed by atoms with Crippen LogP contribution >= 0.6 is 15.9 Å². The molecule has 0 saturated heterocycles. The van der Waals surface area contributed by atoms with Crippen molar-refractivity contribution in [3.8, 4) is 0 Å². The topological polar surface area (TPSA) is 85.1 Å². The first-order valence-electron chi connectivity index (χ1n) is 5.83. The lowest BCUT2D eigenvalue weighted by Crippen LogP contribution is -2.40. The normalized spacial score (nSPS) is 18.3. The van der Waals surface area contributed by atoms with E-state index in [1.807, 2.05) is 6.92 Å². The summed E-state index contributed by atoms with van der Waals surface area (Å²) in [7, 11) is -3.60. The number of hydrogen-bond acceptors (Lipinski definition) is 4. The average Bonchev–Trinajstić information content (AvgIpc) is 2.17. The SMILES string of the molecule is CC(NS(=O)(=O)c1cc(Br)cnc1N)C1CCC1. The van der Waals surface area contributed by atoms with Gasteiger partial charge >= 0.3 is 0 Å². The minimum absolute atomic E-state index is 0.0199. The van der Waals surface area contributed by atoms with Gasteiger partial charge in [0.05, 0.1) is 0 Å². The van der Waals surface area contributed by atoms with Gasteiger partial charge in [0.15, 0.2) is 0 Å². The Bertz CT molecular complexity index is 543. The molecule has 1 atom stereocenters. The second-order valence-electron chi connectivity index (χ2n) is 4.64. The summed E-state index contributed by atoms with van der Waals surface area (Å²) in [6, 6.07) is 1.40. The molecule has 0 aromatic carbocycles. The number of rotatable bonds is 4. The van der Waals surface area contributed by atoms with Crippen LogP contribution in [0.15, 0.2) is 21.6 Å². The van der Waals surface area contributed by atoms with Gasteiger partial charge in [-0.2, -0.15) is 0 Å². The van der Waals surface area contributed by atoms with Gasteiger partial charge in [0.1, 0.15) is 10.7 Å². The van der Waals surface area contributed by atoms with Crippen LogP contribution in [0.3, 0.4) is 0 Å². The molecule has 1 fully saturated rings. The fourth-order valence-corrected chi connectivity index (χ4v) is 3.89. The van der Waals surface area contributed by atoms with Crippen molar-refractivity contribution < 1.29 is 8.42 Å². The first kappa shape index (κ1) is 13.8. The number of nitrogens with one attached hydrogen (secondary N) is 1. The van der Waals surface area contributed by atoms with Gasteiger partial charge in [0.2, 0.25) is 10.0 Å². The number of pyridine rings is 1. The van der Waals surface area contributed by atoms with E-state index in [-0.39, 0.29) is 16.8 Å². The molecule has 2 rings (SSSR count). The smallest absolute Gasteiger partial charge is 0.244 e. The number of nitrogen functional groups attached to an aromatic ring is 1. The van der Waals surface area contributed by atoms with E-state index in [2.05, 4.69) is 25.6 Å². The largest absolute Gasteiger partial charge is 0.383 e. The number of nitrogens with two attached hydrogens (primary N) is 1. The molecule has 0 bridgehead atoms. The van der Waals surface area contributed by atoms with Crippen molar-refractivity contribution in [3.05, 3.63) is 16.7 Å². The van der Waals surface area contributed by atoms with Gasteiger partial charge in [-0.3, -0.25) is 0 Å². The minimum atomic E-state index is -3.60. The Hall–Kier alpha value is -0.660. The zero-order chi connectivity index (χ0) is 13.3. The first-order valence-corrected chi connectivity index (χ1v) is 8.11. The van der Waals surface area contributed by atoms with Crippen LogP contribution < -0.4 is 10.5 Å². The van der Waals surface area contributed by atoms with Gasteiger partial charge in [0, 0.05) is 16.7 Å². The van der Waals surface area contributed by atoms with Crippen molar-refractivity contribution in [2.75, 3.05) is 5.73 Å². The Morgan fingerprint density at radius 3 is 2.78 bits per heavy atom. The predicted octanol–water partition coefficient (Wildman–Crippen LogP) is 1.89. The van der Waals surface area contributed by atoms with E-state index in [4.69, 9.17) is 5.73 Å². The molecule has 1 aliphatic rings. The summed E-state index contributed by atoms with van der Waals surface area (Å²) in [5.74, 6) is 0.452. The molecule has 7 heteroatoms. The molecule has 1 saturated carbocycles. The lowest BCUT2D eigenvalue weighted by molar-refractivity contribution is 0.260. The summed E-state index contributed by atoms with van der Waals surface area (Å²) >= 11 is 3.20.